The highest BCUT2D eigenvalue weighted by Crippen LogP contribution is 2.44. The zero-order valence-corrected chi connectivity index (χ0v) is 8.14. The van der Waals surface area contributed by atoms with Gasteiger partial charge in [-0.25, -0.2) is 0 Å². The van der Waals surface area contributed by atoms with E-state index in [1.807, 2.05) is 6.92 Å². The molecule has 2 saturated heterocycles. The normalized spacial score (nSPS) is 51.2. The van der Waals surface area contributed by atoms with Crippen molar-refractivity contribution in [2.75, 3.05) is 6.61 Å². The van der Waals surface area contributed by atoms with Crippen molar-refractivity contribution in [3.63, 3.8) is 0 Å². The SMILES string of the molecule is CC1OC[C@H]2C3CC(=O)OC3C[C@@H]2O1. The maximum Gasteiger partial charge on any atom is 0.306 e. The standard InChI is InChI=1S/C10H14O4/c1-5-12-4-7-6-2-10(11)14-8(6)3-9(7)13-5/h5-9H,2-4H2,1H3/t5?,6?,7-,8?,9-/m0/s1. The van der Waals surface area contributed by atoms with E-state index in [1.54, 1.807) is 0 Å². The summed E-state index contributed by atoms with van der Waals surface area (Å²) in [5, 5.41) is 0. The van der Waals surface area contributed by atoms with Gasteiger partial charge in [0.15, 0.2) is 6.29 Å². The maximum absolute atomic E-state index is 11.1. The Balaban J connectivity index is 1.77. The third-order valence-electron chi connectivity index (χ3n) is 3.54. The summed E-state index contributed by atoms with van der Waals surface area (Å²) in [5.74, 6) is 0.639. The third-order valence-corrected chi connectivity index (χ3v) is 3.54. The summed E-state index contributed by atoms with van der Waals surface area (Å²) in [4.78, 5) is 11.1. The molecule has 0 N–H and O–H groups in total. The molecule has 3 unspecified atom stereocenters. The summed E-state index contributed by atoms with van der Waals surface area (Å²) in [6.07, 6.45) is 1.63. The number of rotatable bonds is 0. The molecule has 1 saturated carbocycles. The van der Waals surface area contributed by atoms with Crippen LogP contribution in [0.4, 0.5) is 0 Å². The first-order chi connectivity index (χ1) is 6.74. The number of ether oxygens (including phenoxy) is 3. The second kappa shape index (κ2) is 2.94. The van der Waals surface area contributed by atoms with Gasteiger partial charge in [-0.1, -0.05) is 0 Å². The van der Waals surface area contributed by atoms with E-state index < -0.39 is 0 Å². The summed E-state index contributed by atoms with van der Waals surface area (Å²) in [5.41, 5.74) is 0. The zero-order chi connectivity index (χ0) is 9.71. The molecule has 0 aromatic carbocycles. The largest absolute Gasteiger partial charge is 0.462 e. The predicted molar refractivity (Wildman–Crippen MR) is 46.4 cm³/mol. The Bertz CT molecular complexity index is 265. The van der Waals surface area contributed by atoms with Crippen LogP contribution in [0.5, 0.6) is 0 Å². The molecule has 2 heterocycles. The lowest BCUT2D eigenvalue weighted by atomic mass is 9.92. The van der Waals surface area contributed by atoms with E-state index in [9.17, 15) is 4.79 Å². The van der Waals surface area contributed by atoms with E-state index in [0.717, 1.165) is 6.42 Å². The number of carbonyl (C=O) groups is 1. The highest BCUT2D eigenvalue weighted by atomic mass is 16.7. The molecule has 4 nitrogen and oxygen atoms in total. The Hall–Kier alpha value is -0.610. The molecule has 3 aliphatic rings. The highest BCUT2D eigenvalue weighted by molar-refractivity contribution is 5.72. The molecule has 3 rings (SSSR count). The lowest BCUT2D eigenvalue weighted by Gasteiger charge is -2.32. The summed E-state index contributed by atoms with van der Waals surface area (Å²) >= 11 is 0. The number of fused-ring (bicyclic) bond motifs is 3. The van der Waals surface area contributed by atoms with Gasteiger partial charge in [0.05, 0.1) is 19.1 Å². The molecule has 4 heteroatoms. The van der Waals surface area contributed by atoms with Crippen molar-refractivity contribution in [3.8, 4) is 0 Å². The van der Waals surface area contributed by atoms with Crippen LogP contribution in [0.15, 0.2) is 0 Å². The molecule has 14 heavy (non-hydrogen) atoms. The van der Waals surface area contributed by atoms with E-state index >= 15 is 0 Å². The van der Waals surface area contributed by atoms with Crippen LogP contribution in [0.3, 0.4) is 0 Å². The van der Waals surface area contributed by atoms with Crippen LogP contribution in [0.25, 0.3) is 0 Å². The minimum Gasteiger partial charge on any atom is -0.462 e. The van der Waals surface area contributed by atoms with Crippen molar-refractivity contribution in [1.82, 2.24) is 0 Å². The van der Waals surface area contributed by atoms with Crippen LogP contribution in [0.2, 0.25) is 0 Å². The van der Waals surface area contributed by atoms with Gasteiger partial charge < -0.3 is 14.2 Å². The van der Waals surface area contributed by atoms with Crippen molar-refractivity contribution in [2.24, 2.45) is 11.8 Å². The van der Waals surface area contributed by atoms with Gasteiger partial charge in [0.25, 0.3) is 0 Å². The third kappa shape index (κ3) is 1.17. The van der Waals surface area contributed by atoms with Gasteiger partial charge in [-0.3, -0.25) is 4.79 Å². The second-order valence-electron chi connectivity index (χ2n) is 4.37. The summed E-state index contributed by atoms with van der Waals surface area (Å²) < 4.78 is 16.4. The molecule has 5 atom stereocenters. The molecule has 2 aliphatic heterocycles. The fraction of sp³-hybridized carbons (Fsp3) is 0.900. The van der Waals surface area contributed by atoms with E-state index in [4.69, 9.17) is 14.2 Å². The lowest BCUT2D eigenvalue weighted by molar-refractivity contribution is -0.224. The predicted octanol–water partition coefficient (Wildman–Crippen LogP) is 0.699. The monoisotopic (exact) mass is 198 g/mol. The Morgan fingerprint density at radius 1 is 1.29 bits per heavy atom. The minimum absolute atomic E-state index is 0.0583. The van der Waals surface area contributed by atoms with E-state index in [0.29, 0.717) is 24.9 Å². The van der Waals surface area contributed by atoms with E-state index in [1.165, 1.54) is 0 Å². The Kier molecular flexibility index (Phi) is 1.82. The molecule has 3 fully saturated rings. The van der Waals surface area contributed by atoms with E-state index in [-0.39, 0.29) is 24.5 Å². The molecular formula is C10H14O4. The molecule has 1 aliphatic carbocycles. The molecule has 0 amide bonds. The number of carbonyl (C=O) groups excluding carboxylic acids is 1. The zero-order valence-electron chi connectivity index (χ0n) is 8.14. The number of hydrogen-bond donors (Lipinski definition) is 0. The second-order valence-corrected chi connectivity index (χ2v) is 4.37. The molecular weight excluding hydrogens is 184 g/mol. The van der Waals surface area contributed by atoms with Crippen molar-refractivity contribution in [1.29, 1.82) is 0 Å². The van der Waals surface area contributed by atoms with Crippen LogP contribution < -0.4 is 0 Å². The van der Waals surface area contributed by atoms with Crippen LogP contribution >= 0.6 is 0 Å². The number of hydrogen-bond acceptors (Lipinski definition) is 4. The summed E-state index contributed by atoms with van der Waals surface area (Å²) in [6, 6.07) is 0. The molecule has 0 bridgehead atoms. The maximum atomic E-state index is 11.1. The fourth-order valence-corrected chi connectivity index (χ4v) is 2.88. The van der Waals surface area contributed by atoms with Gasteiger partial charge in [-0.05, 0) is 6.92 Å². The Morgan fingerprint density at radius 3 is 3.00 bits per heavy atom. The average molecular weight is 198 g/mol. The van der Waals surface area contributed by atoms with Crippen molar-refractivity contribution in [3.05, 3.63) is 0 Å². The topological polar surface area (TPSA) is 44.8 Å². The lowest BCUT2D eigenvalue weighted by Crippen LogP contribution is -2.37. The van der Waals surface area contributed by atoms with Gasteiger partial charge in [-0.2, -0.15) is 0 Å². The van der Waals surface area contributed by atoms with Crippen LogP contribution in [0.1, 0.15) is 19.8 Å². The van der Waals surface area contributed by atoms with Crippen LogP contribution in [0, 0.1) is 11.8 Å². The first-order valence-electron chi connectivity index (χ1n) is 5.20. The number of esters is 1. The highest BCUT2D eigenvalue weighted by Gasteiger charge is 2.52. The van der Waals surface area contributed by atoms with Gasteiger partial charge in [0, 0.05) is 18.3 Å². The van der Waals surface area contributed by atoms with Gasteiger partial charge in [0.1, 0.15) is 6.10 Å². The average Bonchev–Trinajstić information content (AvgIpc) is 2.59. The fourth-order valence-electron chi connectivity index (χ4n) is 2.88. The minimum atomic E-state index is -0.106. The molecule has 0 aromatic heterocycles. The molecule has 0 radical (unpaired) electrons. The van der Waals surface area contributed by atoms with Gasteiger partial charge in [0.2, 0.25) is 0 Å². The van der Waals surface area contributed by atoms with Crippen LogP contribution in [-0.2, 0) is 19.0 Å². The van der Waals surface area contributed by atoms with Crippen LogP contribution in [-0.4, -0.2) is 31.1 Å². The van der Waals surface area contributed by atoms with Gasteiger partial charge >= 0.3 is 5.97 Å². The Morgan fingerprint density at radius 2 is 2.14 bits per heavy atom. The molecule has 0 aromatic rings. The Labute approximate surface area is 82.5 Å². The van der Waals surface area contributed by atoms with Crippen molar-refractivity contribution >= 4 is 5.97 Å². The first-order valence-corrected chi connectivity index (χ1v) is 5.20. The summed E-state index contributed by atoms with van der Waals surface area (Å²) in [7, 11) is 0. The summed E-state index contributed by atoms with van der Waals surface area (Å²) in [6.45, 7) is 2.62. The van der Waals surface area contributed by atoms with Crippen molar-refractivity contribution in [2.45, 2.75) is 38.3 Å². The molecule has 0 spiro atoms. The first kappa shape index (κ1) is 8.68. The molecule has 78 valence electrons. The smallest absolute Gasteiger partial charge is 0.306 e. The van der Waals surface area contributed by atoms with Crippen molar-refractivity contribution < 1.29 is 19.0 Å². The quantitative estimate of drug-likeness (QED) is 0.537. The van der Waals surface area contributed by atoms with E-state index in [2.05, 4.69) is 0 Å². The van der Waals surface area contributed by atoms with Gasteiger partial charge in [-0.15, -0.1) is 0 Å².